The Bertz CT molecular complexity index is 355. The van der Waals surface area contributed by atoms with Gasteiger partial charge in [-0.1, -0.05) is 6.92 Å². The molecule has 0 saturated carbocycles. The molecular weight excluding hydrogens is 254 g/mol. The quantitative estimate of drug-likeness (QED) is 0.726. The molecule has 1 aliphatic rings. The van der Waals surface area contributed by atoms with Crippen LogP contribution in [0.2, 0.25) is 0 Å². The fourth-order valence-corrected chi connectivity index (χ4v) is 2.54. The predicted molar refractivity (Wildman–Crippen MR) is 80.3 cm³/mol. The Hall–Kier alpha value is -1.10. The van der Waals surface area contributed by atoms with E-state index < -0.39 is 6.04 Å². The SMILES string of the molecule is CCC1(C(=O)NC(C)C(=O)NC(C)(C)C)CCNCC1. The molecular formula is C15H29N3O2. The van der Waals surface area contributed by atoms with Gasteiger partial charge in [-0.05, 0) is 60.0 Å². The molecule has 0 aromatic heterocycles. The lowest BCUT2D eigenvalue weighted by atomic mass is 9.75. The largest absolute Gasteiger partial charge is 0.350 e. The maximum Gasteiger partial charge on any atom is 0.242 e. The third kappa shape index (κ3) is 4.47. The number of hydrogen-bond donors (Lipinski definition) is 3. The average molecular weight is 283 g/mol. The van der Waals surface area contributed by atoms with Crippen LogP contribution in [0.25, 0.3) is 0 Å². The van der Waals surface area contributed by atoms with Crippen molar-refractivity contribution in [3.63, 3.8) is 0 Å². The maximum atomic E-state index is 12.5. The van der Waals surface area contributed by atoms with Crippen LogP contribution in [0.5, 0.6) is 0 Å². The second kappa shape index (κ2) is 6.57. The van der Waals surface area contributed by atoms with Crippen LogP contribution in [0.1, 0.15) is 53.9 Å². The van der Waals surface area contributed by atoms with Crippen LogP contribution in [0, 0.1) is 5.41 Å². The summed E-state index contributed by atoms with van der Waals surface area (Å²) in [6.45, 7) is 11.3. The summed E-state index contributed by atoms with van der Waals surface area (Å²) >= 11 is 0. The summed E-state index contributed by atoms with van der Waals surface area (Å²) in [6, 6.07) is -0.500. The van der Waals surface area contributed by atoms with Crippen molar-refractivity contribution < 1.29 is 9.59 Å². The molecule has 1 rings (SSSR count). The summed E-state index contributed by atoms with van der Waals surface area (Å²) in [5.74, 6) is -0.121. The Balaban J connectivity index is 2.62. The highest BCUT2D eigenvalue weighted by Crippen LogP contribution is 2.32. The second-order valence-corrected chi connectivity index (χ2v) is 6.82. The number of amides is 2. The molecule has 116 valence electrons. The van der Waals surface area contributed by atoms with Gasteiger partial charge < -0.3 is 16.0 Å². The van der Waals surface area contributed by atoms with E-state index in [0.29, 0.717) is 0 Å². The summed E-state index contributed by atoms with van der Waals surface area (Å²) in [5.41, 5.74) is -0.602. The minimum absolute atomic E-state index is 0.0121. The fraction of sp³-hybridized carbons (Fsp3) is 0.867. The Morgan fingerprint density at radius 1 is 1.25 bits per heavy atom. The monoisotopic (exact) mass is 283 g/mol. The lowest BCUT2D eigenvalue weighted by Gasteiger charge is -2.36. The molecule has 1 fully saturated rings. The van der Waals surface area contributed by atoms with Crippen molar-refractivity contribution in [1.29, 1.82) is 0 Å². The smallest absolute Gasteiger partial charge is 0.242 e. The van der Waals surface area contributed by atoms with Crippen LogP contribution >= 0.6 is 0 Å². The van der Waals surface area contributed by atoms with Crippen molar-refractivity contribution in [2.75, 3.05) is 13.1 Å². The molecule has 0 aromatic rings. The summed E-state index contributed by atoms with van der Waals surface area (Å²) in [7, 11) is 0. The van der Waals surface area contributed by atoms with Gasteiger partial charge in [-0.15, -0.1) is 0 Å². The first-order valence-corrected chi connectivity index (χ1v) is 7.54. The third-order valence-electron chi connectivity index (χ3n) is 3.96. The van der Waals surface area contributed by atoms with Crippen molar-refractivity contribution in [2.24, 2.45) is 5.41 Å². The van der Waals surface area contributed by atoms with Gasteiger partial charge in [0.1, 0.15) is 6.04 Å². The predicted octanol–water partition coefficient (Wildman–Crippen LogP) is 1.19. The van der Waals surface area contributed by atoms with Crippen LogP contribution in [0.15, 0.2) is 0 Å². The zero-order valence-electron chi connectivity index (χ0n) is 13.4. The van der Waals surface area contributed by atoms with Gasteiger partial charge in [0.05, 0.1) is 5.41 Å². The van der Waals surface area contributed by atoms with Crippen molar-refractivity contribution in [2.45, 2.75) is 65.5 Å². The van der Waals surface area contributed by atoms with Gasteiger partial charge in [0.2, 0.25) is 11.8 Å². The number of carbonyl (C=O) groups excluding carboxylic acids is 2. The maximum absolute atomic E-state index is 12.5. The molecule has 5 nitrogen and oxygen atoms in total. The molecule has 0 bridgehead atoms. The van der Waals surface area contributed by atoms with Crippen molar-refractivity contribution in [1.82, 2.24) is 16.0 Å². The molecule has 0 aliphatic carbocycles. The lowest BCUT2D eigenvalue weighted by Crippen LogP contribution is -2.55. The zero-order valence-corrected chi connectivity index (χ0v) is 13.4. The molecule has 3 N–H and O–H groups in total. The third-order valence-corrected chi connectivity index (χ3v) is 3.96. The first-order chi connectivity index (χ1) is 9.20. The van der Waals surface area contributed by atoms with Gasteiger partial charge in [0.15, 0.2) is 0 Å². The van der Waals surface area contributed by atoms with E-state index in [1.165, 1.54) is 0 Å². The molecule has 1 heterocycles. The first-order valence-electron chi connectivity index (χ1n) is 7.54. The highest BCUT2D eigenvalue weighted by molar-refractivity contribution is 5.90. The lowest BCUT2D eigenvalue weighted by molar-refractivity contribution is -0.137. The van der Waals surface area contributed by atoms with E-state index >= 15 is 0 Å². The topological polar surface area (TPSA) is 70.2 Å². The second-order valence-electron chi connectivity index (χ2n) is 6.82. The van der Waals surface area contributed by atoms with Crippen LogP contribution in [0.3, 0.4) is 0 Å². The molecule has 0 aromatic carbocycles. The fourth-order valence-electron chi connectivity index (χ4n) is 2.54. The number of nitrogens with one attached hydrogen (secondary N) is 3. The van der Waals surface area contributed by atoms with E-state index in [0.717, 1.165) is 32.4 Å². The zero-order chi connectivity index (χ0) is 15.4. The van der Waals surface area contributed by atoms with Gasteiger partial charge in [-0.2, -0.15) is 0 Å². The molecule has 1 atom stereocenters. The Kier molecular flexibility index (Phi) is 5.57. The van der Waals surface area contributed by atoms with E-state index in [9.17, 15) is 9.59 Å². The minimum atomic E-state index is -0.500. The number of piperidine rings is 1. The number of hydrogen-bond acceptors (Lipinski definition) is 3. The van der Waals surface area contributed by atoms with E-state index in [1.54, 1.807) is 6.92 Å². The highest BCUT2D eigenvalue weighted by atomic mass is 16.2. The average Bonchev–Trinajstić information content (AvgIpc) is 2.37. The van der Waals surface area contributed by atoms with Gasteiger partial charge in [0.25, 0.3) is 0 Å². The summed E-state index contributed by atoms with van der Waals surface area (Å²) in [6.07, 6.45) is 2.49. The van der Waals surface area contributed by atoms with E-state index in [4.69, 9.17) is 0 Å². The molecule has 0 radical (unpaired) electrons. The van der Waals surface area contributed by atoms with Crippen molar-refractivity contribution in [3.8, 4) is 0 Å². The molecule has 1 aliphatic heterocycles. The van der Waals surface area contributed by atoms with Gasteiger partial charge in [-0.3, -0.25) is 9.59 Å². The molecule has 1 saturated heterocycles. The van der Waals surface area contributed by atoms with Gasteiger partial charge in [0, 0.05) is 5.54 Å². The van der Waals surface area contributed by atoms with E-state index in [2.05, 4.69) is 16.0 Å². The van der Waals surface area contributed by atoms with Crippen LogP contribution < -0.4 is 16.0 Å². The van der Waals surface area contributed by atoms with Crippen LogP contribution in [-0.2, 0) is 9.59 Å². The first kappa shape index (κ1) is 17.0. The summed E-state index contributed by atoms with van der Waals surface area (Å²) < 4.78 is 0. The highest BCUT2D eigenvalue weighted by Gasteiger charge is 2.38. The summed E-state index contributed by atoms with van der Waals surface area (Å²) in [4.78, 5) is 24.5. The summed E-state index contributed by atoms with van der Waals surface area (Å²) in [5, 5.41) is 9.05. The molecule has 1 unspecified atom stereocenters. The van der Waals surface area contributed by atoms with Crippen molar-refractivity contribution >= 4 is 11.8 Å². The molecule has 2 amide bonds. The van der Waals surface area contributed by atoms with Gasteiger partial charge in [-0.25, -0.2) is 0 Å². The van der Waals surface area contributed by atoms with E-state index in [1.807, 2.05) is 27.7 Å². The van der Waals surface area contributed by atoms with Crippen LogP contribution in [-0.4, -0.2) is 36.5 Å². The molecule has 20 heavy (non-hydrogen) atoms. The molecule has 0 spiro atoms. The minimum Gasteiger partial charge on any atom is -0.350 e. The normalized spacial score (nSPS) is 20.1. The standard InChI is InChI=1S/C15H29N3O2/c1-6-15(7-9-16-10-8-15)13(20)17-11(2)12(19)18-14(3,4)5/h11,16H,6-10H2,1-5H3,(H,17,20)(H,18,19). The number of carbonyl (C=O) groups is 2. The Labute approximate surface area is 122 Å². The van der Waals surface area contributed by atoms with Gasteiger partial charge >= 0.3 is 0 Å². The number of rotatable bonds is 4. The Morgan fingerprint density at radius 3 is 2.25 bits per heavy atom. The van der Waals surface area contributed by atoms with Crippen LogP contribution in [0.4, 0.5) is 0 Å². The Morgan fingerprint density at radius 2 is 1.80 bits per heavy atom. The van der Waals surface area contributed by atoms with E-state index in [-0.39, 0.29) is 22.8 Å². The molecule has 5 heteroatoms. The van der Waals surface area contributed by atoms with Crippen molar-refractivity contribution in [3.05, 3.63) is 0 Å².